The van der Waals surface area contributed by atoms with Gasteiger partial charge >= 0.3 is 0 Å². The highest BCUT2D eigenvalue weighted by Crippen LogP contribution is 2.21. The fraction of sp³-hybridized carbons (Fsp3) is 0.722. The molecular formula is C18H30BrN3O. The Kier molecular flexibility index (Phi) is 7.15. The van der Waals surface area contributed by atoms with E-state index in [-0.39, 0.29) is 5.91 Å². The Bertz CT molecular complexity index is 504. The predicted molar refractivity (Wildman–Crippen MR) is 98.8 cm³/mol. The van der Waals surface area contributed by atoms with Crippen LogP contribution in [-0.4, -0.2) is 41.6 Å². The molecule has 0 aromatic carbocycles. The fourth-order valence-electron chi connectivity index (χ4n) is 3.65. The summed E-state index contributed by atoms with van der Waals surface area (Å²) in [5, 5.41) is 3.04. The van der Waals surface area contributed by atoms with Gasteiger partial charge in [-0.2, -0.15) is 0 Å². The number of amides is 1. The molecule has 0 radical (unpaired) electrons. The Hall–Kier alpha value is -0.810. The highest BCUT2D eigenvalue weighted by Gasteiger charge is 2.21. The lowest BCUT2D eigenvalue weighted by Crippen LogP contribution is -2.39. The van der Waals surface area contributed by atoms with E-state index in [1.54, 1.807) is 0 Å². The first-order valence-corrected chi connectivity index (χ1v) is 9.65. The molecule has 4 nitrogen and oxygen atoms in total. The van der Waals surface area contributed by atoms with Crippen molar-refractivity contribution in [3.63, 3.8) is 0 Å². The number of nitrogens with zero attached hydrogens (tertiary/aromatic N) is 2. The maximum absolute atomic E-state index is 12.2. The molecule has 2 heterocycles. The van der Waals surface area contributed by atoms with Gasteiger partial charge in [0, 0.05) is 36.8 Å². The summed E-state index contributed by atoms with van der Waals surface area (Å²) in [5.41, 5.74) is 0.734. The number of hydrogen-bond donors (Lipinski definition) is 1. The second-order valence-corrected chi connectivity index (χ2v) is 7.91. The summed E-state index contributed by atoms with van der Waals surface area (Å²) in [5.74, 6) is 1.66. The molecule has 0 aliphatic carbocycles. The van der Waals surface area contributed by atoms with E-state index >= 15 is 0 Å². The van der Waals surface area contributed by atoms with E-state index in [1.807, 2.05) is 23.8 Å². The Morgan fingerprint density at radius 1 is 1.30 bits per heavy atom. The lowest BCUT2D eigenvalue weighted by atomic mass is 9.92. The molecule has 2 rings (SSSR count). The number of nitrogens with one attached hydrogen (secondary N) is 1. The van der Waals surface area contributed by atoms with Gasteiger partial charge in [-0.05, 0) is 66.6 Å². The Balaban J connectivity index is 1.66. The molecule has 1 aromatic heterocycles. The van der Waals surface area contributed by atoms with E-state index in [4.69, 9.17) is 0 Å². The van der Waals surface area contributed by atoms with Crippen molar-refractivity contribution in [2.24, 2.45) is 11.8 Å². The quantitative estimate of drug-likeness (QED) is 0.727. The molecule has 1 amide bonds. The molecule has 0 spiro atoms. The minimum absolute atomic E-state index is 0.0257. The minimum atomic E-state index is 0.0257. The van der Waals surface area contributed by atoms with Crippen LogP contribution in [0, 0.1) is 11.8 Å². The highest BCUT2D eigenvalue weighted by molar-refractivity contribution is 9.10. The molecule has 1 N–H and O–H groups in total. The van der Waals surface area contributed by atoms with E-state index in [1.165, 1.54) is 19.5 Å². The summed E-state index contributed by atoms with van der Waals surface area (Å²) >= 11 is 3.43. The van der Waals surface area contributed by atoms with Crippen molar-refractivity contribution < 1.29 is 4.79 Å². The van der Waals surface area contributed by atoms with E-state index in [0.29, 0.717) is 0 Å². The van der Waals surface area contributed by atoms with Crippen LogP contribution in [-0.2, 0) is 6.54 Å². The number of carbonyl (C=O) groups excluding carboxylic acids is 1. The zero-order valence-electron chi connectivity index (χ0n) is 14.6. The number of rotatable bonds is 7. The third-order valence-corrected chi connectivity index (χ3v) is 5.00. The SMILES string of the molecule is CCn1cc(Br)cc1C(=O)NCCCCN1CC(C)CC(C)C1. The first kappa shape index (κ1) is 18.5. The van der Waals surface area contributed by atoms with Gasteiger partial charge in [0.1, 0.15) is 5.69 Å². The van der Waals surface area contributed by atoms with E-state index in [2.05, 4.69) is 40.0 Å². The number of aromatic nitrogens is 1. The van der Waals surface area contributed by atoms with E-state index < -0.39 is 0 Å². The number of likely N-dealkylation sites (tertiary alicyclic amines) is 1. The largest absolute Gasteiger partial charge is 0.351 e. The number of unbranched alkanes of at least 4 members (excludes halogenated alkanes) is 1. The molecule has 2 atom stereocenters. The van der Waals surface area contributed by atoms with Crippen molar-refractivity contribution in [3.05, 3.63) is 22.4 Å². The molecule has 5 heteroatoms. The Morgan fingerprint density at radius 2 is 2.00 bits per heavy atom. The minimum Gasteiger partial charge on any atom is -0.351 e. The topological polar surface area (TPSA) is 37.3 Å². The summed E-state index contributed by atoms with van der Waals surface area (Å²) in [6.45, 7) is 11.9. The second kappa shape index (κ2) is 8.88. The lowest BCUT2D eigenvalue weighted by molar-refractivity contribution is 0.0942. The maximum atomic E-state index is 12.2. The van der Waals surface area contributed by atoms with Gasteiger partial charge in [0.05, 0.1) is 0 Å². The normalized spacial score (nSPS) is 22.3. The molecular weight excluding hydrogens is 354 g/mol. The Morgan fingerprint density at radius 3 is 2.65 bits per heavy atom. The molecule has 0 saturated carbocycles. The Labute approximate surface area is 148 Å². The summed E-state index contributed by atoms with van der Waals surface area (Å²) in [6.07, 6.45) is 5.50. The second-order valence-electron chi connectivity index (χ2n) is 7.00. The standard InChI is InChI=1S/C18H30BrN3O/c1-4-22-13-16(19)10-17(22)18(23)20-7-5-6-8-21-11-14(2)9-15(3)12-21/h10,13-15H,4-9,11-12H2,1-3H3,(H,20,23). The van der Waals surface area contributed by atoms with Gasteiger partial charge < -0.3 is 14.8 Å². The van der Waals surface area contributed by atoms with Gasteiger partial charge in [0.2, 0.25) is 0 Å². The van der Waals surface area contributed by atoms with Crippen LogP contribution in [0.15, 0.2) is 16.7 Å². The number of hydrogen-bond acceptors (Lipinski definition) is 2. The average Bonchev–Trinajstić information content (AvgIpc) is 2.87. The van der Waals surface area contributed by atoms with E-state index in [0.717, 1.165) is 54.5 Å². The molecule has 1 aliphatic rings. The van der Waals surface area contributed by atoms with Crippen molar-refractivity contribution in [3.8, 4) is 0 Å². The zero-order valence-corrected chi connectivity index (χ0v) is 16.2. The van der Waals surface area contributed by atoms with E-state index in [9.17, 15) is 4.79 Å². The van der Waals surface area contributed by atoms with Crippen molar-refractivity contribution in [2.45, 2.75) is 46.6 Å². The fourth-order valence-corrected chi connectivity index (χ4v) is 4.12. The predicted octanol–water partition coefficient (Wildman–Crippen LogP) is 3.76. The maximum Gasteiger partial charge on any atom is 0.267 e. The third-order valence-electron chi connectivity index (χ3n) is 4.57. The van der Waals surface area contributed by atoms with Crippen LogP contribution in [0.1, 0.15) is 50.5 Å². The molecule has 2 unspecified atom stereocenters. The molecule has 1 fully saturated rings. The van der Waals surface area contributed by atoms with Crippen molar-refractivity contribution in [2.75, 3.05) is 26.2 Å². The summed E-state index contributed by atoms with van der Waals surface area (Å²) in [4.78, 5) is 14.8. The summed E-state index contributed by atoms with van der Waals surface area (Å²) in [6, 6.07) is 1.88. The van der Waals surface area contributed by atoms with Crippen LogP contribution in [0.5, 0.6) is 0 Å². The molecule has 1 aromatic rings. The van der Waals surface area contributed by atoms with Crippen LogP contribution >= 0.6 is 15.9 Å². The van der Waals surface area contributed by atoms with Gasteiger partial charge in [-0.15, -0.1) is 0 Å². The van der Waals surface area contributed by atoms with Gasteiger partial charge in [-0.3, -0.25) is 4.79 Å². The number of carbonyl (C=O) groups is 1. The molecule has 130 valence electrons. The van der Waals surface area contributed by atoms with Crippen molar-refractivity contribution in [1.29, 1.82) is 0 Å². The van der Waals surface area contributed by atoms with Crippen molar-refractivity contribution in [1.82, 2.24) is 14.8 Å². The zero-order chi connectivity index (χ0) is 16.8. The van der Waals surface area contributed by atoms with Gasteiger partial charge in [0.15, 0.2) is 0 Å². The summed E-state index contributed by atoms with van der Waals surface area (Å²) in [7, 11) is 0. The van der Waals surface area contributed by atoms with Gasteiger partial charge in [-0.1, -0.05) is 13.8 Å². The molecule has 1 saturated heterocycles. The van der Waals surface area contributed by atoms with Crippen LogP contribution in [0.4, 0.5) is 0 Å². The number of piperidine rings is 1. The smallest absolute Gasteiger partial charge is 0.267 e. The van der Waals surface area contributed by atoms with Crippen LogP contribution in [0.25, 0.3) is 0 Å². The lowest BCUT2D eigenvalue weighted by Gasteiger charge is -2.34. The number of halogens is 1. The first-order valence-electron chi connectivity index (χ1n) is 8.85. The monoisotopic (exact) mass is 383 g/mol. The third kappa shape index (κ3) is 5.64. The molecule has 1 aliphatic heterocycles. The van der Waals surface area contributed by atoms with Crippen molar-refractivity contribution >= 4 is 21.8 Å². The average molecular weight is 384 g/mol. The van der Waals surface area contributed by atoms with Gasteiger partial charge in [0.25, 0.3) is 5.91 Å². The van der Waals surface area contributed by atoms with Crippen LogP contribution in [0.2, 0.25) is 0 Å². The van der Waals surface area contributed by atoms with Crippen LogP contribution < -0.4 is 5.32 Å². The van der Waals surface area contributed by atoms with Gasteiger partial charge in [-0.25, -0.2) is 0 Å². The molecule has 23 heavy (non-hydrogen) atoms. The highest BCUT2D eigenvalue weighted by atomic mass is 79.9. The number of aryl methyl sites for hydroxylation is 1. The first-order chi connectivity index (χ1) is 11.0. The summed E-state index contributed by atoms with van der Waals surface area (Å²) < 4.78 is 2.92. The van der Waals surface area contributed by atoms with Crippen LogP contribution in [0.3, 0.4) is 0 Å². The molecule has 0 bridgehead atoms.